The van der Waals surface area contributed by atoms with Gasteiger partial charge in [-0.2, -0.15) is 0 Å². The standard InChI is InChI=1S/C21H24O4/c1-15(22)24-18-5-3-2-4-17-9-13-20(23)21(14-17)25-19-11-7-16(6-10-18)8-12-19/h7-9,11-14,18,23H,2-6,10H2,1H3/t18-/m1/s1. The molecule has 132 valence electrons. The summed E-state index contributed by atoms with van der Waals surface area (Å²) in [5, 5.41) is 10.0. The van der Waals surface area contributed by atoms with Crippen molar-refractivity contribution in [2.24, 2.45) is 0 Å². The molecule has 0 aliphatic carbocycles. The van der Waals surface area contributed by atoms with Gasteiger partial charge in [-0.15, -0.1) is 0 Å². The first-order chi connectivity index (χ1) is 12.1. The fraction of sp³-hybridized carbons (Fsp3) is 0.381. The van der Waals surface area contributed by atoms with E-state index in [-0.39, 0.29) is 17.8 Å². The van der Waals surface area contributed by atoms with Crippen LogP contribution in [0.25, 0.3) is 0 Å². The number of aromatic hydroxyl groups is 1. The van der Waals surface area contributed by atoms with Gasteiger partial charge in [0.2, 0.25) is 0 Å². The number of rotatable bonds is 1. The van der Waals surface area contributed by atoms with Crippen molar-refractivity contribution in [3.63, 3.8) is 0 Å². The normalized spacial score (nSPS) is 17.9. The molecule has 1 N–H and O–H groups in total. The van der Waals surface area contributed by atoms with E-state index in [1.807, 2.05) is 36.4 Å². The molecule has 2 aromatic rings. The van der Waals surface area contributed by atoms with Crippen LogP contribution in [-0.2, 0) is 22.4 Å². The summed E-state index contributed by atoms with van der Waals surface area (Å²) in [5.41, 5.74) is 2.31. The summed E-state index contributed by atoms with van der Waals surface area (Å²) >= 11 is 0. The quantitative estimate of drug-likeness (QED) is 0.759. The van der Waals surface area contributed by atoms with Crippen LogP contribution < -0.4 is 4.74 Å². The highest BCUT2D eigenvalue weighted by Gasteiger charge is 2.13. The molecule has 1 atom stereocenters. The van der Waals surface area contributed by atoms with Crippen LogP contribution in [-0.4, -0.2) is 17.2 Å². The van der Waals surface area contributed by atoms with Crippen LogP contribution in [0.3, 0.4) is 0 Å². The molecule has 25 heavy (non-hydrogen) atoms. The largest absolute Gasteiger partial charge is 0.504 e. The second-order valence-corrected chi connectivity index (χ2v) is 6.56. The lowest BCUT2D eigenvalue weighted by molar-refractivity contribution is -0.147. The average Bonchev–Trinajstić information content (AvgIpc) is 2.60. The zero-order valence-corrected chi connectivity index (χ0v) is 14.5. The van der Waals surface area contributed by atoms with E-state index in [0.29, 0.717) is 11.5 Å². The third kappa shape index (κ3) is 4.99. The Morgan fingerprint density at radius 1 is 1.04 bits per heavy atom. The Bertz CT molecular complexity index is 721. The Hall–Kier alpha value is -2.49. The Labute approximate surface area is 148 Å². The molecule has 0 saturated heterocycles. The zero-order chi connectivity index (χ0) is 17.6. The second kappa shape index (κ2) is 8.06. The summed E-state index contributed by atoms with van der Waals surface area (Å²) in [6.07, 6.45) is 5.43. The third-order valence-electron chi connectivity index (χ3n) is 4.50. The summed E-state index contributed by atoms with van der Waals surface area (Å²) in [6.45, 7) is 1.47. The number of aryl methyl sites for hydroxylation is 2. The van der Waals surface area contributed by atoms with Crippen LogP contribution in [0.4, 0.5) is 0 Å². The predicted octanol–water partition coefficient (Wildman–Crippen LogP) is 4.78. The van der Waals surface area contributed by atoms with Gasteiger partial charge in [-0.25, -0.2) is 0 Å². The summed E-state index contributed by atoms with van der Waals surface area (Å²) in [6, 6.07) is 13.3. The van der Waals surface area contributed by atoms with Crippen molar-refractivity contribution >= 4 is 5.97 Å². The molecule has 4 nitrogen and oxygen atoms in total. The lowest BCUT2D eigenvalue weighted by Gasteiger charge is -2.17. The number of esters is 1. The molecular formula is C21H24O4. The molecule has 0 fully saturated rings. The van der Waals surface area contributed by atoms with Gasteiger partial charge < -0.3 is 14.6 Å². The minimum atomic E-state index is -0.213. The lowest BCUT2D eigenvalue weighted by Crippen LogP contribution is -2.17. The van der Waals surface area contributed by atoms with E-state index in [4.69, 9.17) is 9.47 Å². The van der Waals surface area contributed by atoms with Crippen molar-refractivity contribution in [3.05, 3.63) is 53.6 Å². The monoisotopic (exact) mass is 340 g/mol. The number of phenols is 1. The smallest absolute Gasteiger partial charge is 0.302 e. The van der Waals surface area contributed by atoms with Crippen LogP contribution in [0.5, 0.6) is 17.2 Å². The number of phenolic OH excluding ortho intramolecular Hbond substituents is 1. The van der Waals surface area contributed by atoms with E-state index in [1.54, 1.807) is 6.07 Å². The van der Waals surface area contributed by atoms with E-state index < -0.39 is 0 Å². The Kier molecular flexibility index (Phi) is 5.59. The zero-order valence-electron chi connectivity index (χ0n) is 14.5. The van der Waals surface area contributed by atoms with Gasteiger partial charge in [0.1, 0.15) is 11.9 Å². The van der Waals surface area contributed by atoms with E-state index in [2.05, 4.69) is 0 Å². The maximum Gasteiger partial charge on any atom is 0.302 e. The van der Waals surface area contributed by atoms with E-state index in [1.165, 1.54) is 12.5 Å². The maximum atomic E-state index is 11.3. The molecule has 4 bridgehead atoms. The summed E-state index contributed by atoms with van der Waals surface area (Å²) in [7, 11) is 0. The lowest BCUT2D eigenvalue weighted by atomic mass is 10.0. The minimum Gasteiger partial charge on any atom is -0.504 e. The van der Waals surface area contributed by atoms with Gasteiger partial charge in [-0.1, -0.05) is 18.2 Å². The van der Waals surface area contributed by atoms with Crippen LogP contribution in [0, 0.1) is 0 Å². The van der Waals surface area contributed by atoms with Gasteiger partial charge in [-0.05, 0) is 73.9 Å². The molecule has 4 heteroatoms. The van der Waals surface area contributed by atoms with E-state index in [9.17, 15) is 9.90 Å². The highest BCUT2D eigenvalue weighted by Crippen LogP contribution is 2.32. The minimum absolute atomic E-state index is 0.0334. The Morgan fingerprint density at radius 2 is 1.80 bits per heavy atom. The first-order valence-corrected chi connectivity index (χ1v) is 8.86. The number of carbonyl (C=O) groups is 1. The SMILES string of the molecule is CC(=O)O[C@@H]1CCCCc2ccc(O)c(c2)Oc2ccc(cc2)CC1. The molecule has 2 aromatic carbocycles. The highest BCUT2D eigenvalue weighted by atomic mass is 16.5. The van der Waals surface area contributed by atoms with Crippen molar-refractivity contribution in [2.45, 2.75) is 51.6 Å². The number of fused-ring (bicyclic) bond motifs is 8. The van der Waals surface area contributed by atoms with Gasteiger partial charge in [0.15, 0.2) is 11.5 Å². The topological polar surface area (TPSA) is 55.8 Å². The van der Waals surface area contributed by atoms with Crippen molar-refractivity contribution in [3.8, 4) is 17.2 Å². The molecular weight excluding hydrogens is 316 g/mol. The number of ether oxygens (including phenoxy) is 2. The van der Waals surface area contributed by atoms with Crippen molar-refractivity contribution in [1.29, 1.82) is 0 Å². The molecule has 4 rings (SSSR count). The molecule has 0 spiro atoms. The van der Waals surface area contributed by atoms with Gasteiger partial charge in [-0.3, -0.25) is 4.79 Å². The van der Waals surface area contributed by atoms with Crippen LogP contribution in [0.1, 0.15) is 43.7 Å². The van der Waals surface area contributed by atoms with Gasteiger partial charge in [0.25, 0.3) is 0 Å². The predicted molar refractivity (Wildman–Crippen MR) is 96.1 cm³/mol. The Morgan fingerprint density at radius 3 is 2.56 bits per heavy atom. The molecule has 0 unspecified atom stereocenters. The first kappa shape index (κ1) is 17.3. The van der Waals surface area contributed by atoms with Crippen molar-refractivity contribution in [2.75, 3.05) is 0 Å². The van der Waals surface area contributed by atoms with Crippen molar-refractivity contribution in [1.82, 2.24) is 0 Å². The van der Waals surface area contributed by atoms with Crippen LogP contribution in [0.15, 0.2) is 42.5 Å². The molecule has 0 amide bonds. The summed E-state index contributed by atoms with van der Waals surface area (Å²) in [5.74, 6) is 1.11. The molecule has 2 heterocycles. The first-order valence-electron chi connectivity index (χ1n) is 8.86. The Balaban J connectivity index is 1.82. The molecule has 2 aliphatic rings. The van der Waals surface area contributed by atoms with Gasteiger partial charge >= 0.3 is 5.97 Å². The highest BCUT2D eigenvalue weighted by molar-refractivity contribution is 5.66. The fourth-order valence-corrected chi connectivity index (χ4v) is 3.17. The molecule has 2 aliphatic heterocycles. The summed E-state index contributed by atoms with van der Waals surface area (Å²) < 4.78 is 11.3. The second-order valence-electron chi connectivity index (χ2n) is 6.56. The molecule has 0 saturated carbocycles. The van der Waals surface area contributed by atoms with Crippen molar-refractivity contribution < 1.29 is 19.4 Å². The van der Waals surface area contributed by atoms with Crippen LogP contribution in [0.2, 0.25) is 0 Å². The number of hydrogen-bond acceptors (Lipinski definition) is 4. The molecule has 0 radical (unpaired) electrons. The fourth-order valence-electron chi connectivity index (χ4n) is 3.17. The van der Waals surface area contributed by atoms with E-state index in [0.717, 1.165) is 44.1 Å². The van der Waals surface area contributed by atoms with E-state index >= 15 is 0 Å². The van der Waals surface area contributed by atoms with Crippen LogP contribution >= 0.6 is 0 Å². The summed E-state index contributed by atoms with van der Waals surface area (Å²) in [4.78, 5) is 11.3. The number of carbonyl (C=O) groups excluding carboxylic acids is 1. The maximum absolute atomic E-state index is 11.3. The molecule has 0 aromatic heterocycles. The average molecular weight is 340 g/mol. The number of benzene rings is 2. The van der Waals surface area contributed by atoms with Gasteiger partial charge in [0, 0.05) is 6.92 Å². The number of hydrogen-bond donors (Lipinski definition) is 1. The third-order valence-corrected chi connectivity index (χ3v) is 4.50. The van der Waals surface area contributed by atoms with Gasteiger partial charge in [0.05, 0.1) is 0 Å².